The number of alkyl halides is 7. The van der Waals surface area contributed by atoms with Crippen LogP contribution in [0.2, 0.25) is 0 Å². The standard InChI is InChI=1S/C18H19F7N2O3/c1-9-6-5-7-10(12(9)28)13(29)27-15(30,14(2,3)4)8-11(26-27)16(19,20)17(21,22)18(23,24)25/h5-7,28,30H,8H2,1-4H3/t15-/m0/s1. The number of benzene rings is 1. The molecule has 0 bridgehead atoms. The Balaban J connectivity index is 2.65. The van der Waals surface area contributed by atoms with Crippen molar-refractivity contribution in [1.82, 2.24) is 5.01 Å². The monoisotopic (exact) mass is 444 g/mol. The van der Waals surface area contributed by atoms with Gasteiger partial charge in [-0.3, -0.25) is 4.79 Å². The summed E-state index contributed by atoms with van der Waals surface area (Å²) in [5, 5.41) is 24.0. The number of hydrazone groups is 1. The number of aromatic hydroxyl groups is 1. The number of phenols is 1. The van der Waals surface area contributed by atoms with Crippen LogP contribution >= 0.6 is 0 Å². The first-order chi connectivity index (χ1) is 13.3. The normalized spacial score (nSPS) is 21.1. The third-order valence-electron chi connectivity index (χ3n) is 4.96. The molecule has 0 fully saturated rings. The minimum atomic E-state index is -6.61. The average molecular weight is 444 g/mol. The molecule has 30 heavy (non-hydrogen) atoms. The van der Waals surface area contributed by atoms with Crippen molar-refractivity contribution >= 4 is 11.6 Å². The topological polar surface area (TPSA) is 73.1 Å². The van der Waals surface area contributed by atoms with Crippen molar-refractivity contribution in [2.24, 2.45) is 10.5 Å². The van der Waals surface area contributed by atoms with Gasteiger partial charge in [0.05, 0.1) is 5.56 Å². The SMILES string of the molecule is Cc1cccc(C(=O)N2N=C(C(F)(F)C(F)(F)C(F)(F)F)C[C@]2(O)C(C)(C)C)c1O. The van der Waals surface area contributed by atoms with Crippen molar-refractivity contribution in [3.8, 4) is 5.75 Å². The number of hydrogen-bond acceptors (Lipinski definition) is 4. The lowest BCUT2D eigenvalue weighted by Gasteiger charge is -2.41. The predicted octanol–water partition coefficient (Wildman–Crippen LogP) is 4.47. The van der Waals surface area contributed by atoms with E-state index in [0.717, 1.165) is 6.07 Å². The Morgan fingerprint density at radius 1 is 1.10 bits per heavy atom. The van der Waals surface area contributed by atoms with Gasteiger partial charge in [0.2, 0.25) is 0 Å². The van der Waals surface area contributed by atoms with E-state index in [-0.39, 0.29) is 10.6 Å². The molecule has 0 unspecified atom stereocenters. The summed E-state index contributed by atoms with van der Waals surface area (Å²) in [4.78, 5) is 12.8. The zero-order valence-electron chi connectivity index (χ0n) is 16.3. The third-order valence-corrected chi connectivity index (χ3v) is 4.96. The summed E-state index contributed by atoms with van der Waals surface area (Å²) in [5.41, 5.74) is -6.51. The Morgan fingerprint density at radius 3 is 2.10 bits per heavy atom. The first-order valence-electron chi connectivity index (χ1n) is 8.55. The third kappa shape index (κ3) is 3.40. The number of rotatable bonds is 3. The molecular weight excluding hydrogens is 425 g/mol. The molecule has 0 spiro atoms. The number of carbonyl (C=O) groups is 1. The van der Waals surface area contributed by atoms with Crippen LogP contribution in [-0.2, 0) is 0 Å². The molecule has 168 valence electrons. The van der Waals surface area contributed by atoms with Crippen molar-refractivity contribution in [3.63, 3.8) is 0 Å². The van der Waals surface area contributed by atoms with Crippen molar-refractivity contribution in [3.05, 3.63) is 29.3 Å². The van der Waals surface area contributed by atoms with E-state index in [9.17, 15) is 45.7 Å². The van der Waals surface area contributed by atoms with Gasteiger partial charge in [-0.15, -0.1) is 0 Å². The molecule has 1 amide bonds. The van der Waals surface area contributed by atoms with Gasteiger partial charge in [-0.05, 0) is 18.6 Å². The number of para-hydroxylation sites is 1. The molecule has 2 rings (SSSR count). The van der Waals surface area contributed by atoms with Gasteiger partial charge < -0.3 is 10.2 Å². The van der Waals surface area contributed by atoms with Crippen LogP contribution < -0.4 is 0 Å². The van der Waals surface area contributed by atoms with Crippen LogP contribution in [0.15, 0.2) is 23.3 Å². The lowest BCUT2D eigenvalue weighted by molar-refractivity contribution is -0.336. The van der Waals surface area contributed by atoms with Crippen molar-refractivity contribution in [1.29, 1.82) is 0 Å². The molecular formula is C18H19F7N2O3. The van der Waals surface area contributed by atoms with Gasteiger partial charge in [0.25, 0.3) is 5.91 Å². The molecule has 0 aliphatic carbocycles. The summed E-state index contributed by atoms with van der Waals surface area (Å²) in [5.74, 6) is -14.3. The predicted molar refractivity (Wildman–Crippen MR) is 91.4 cm³/mol. The molecule has 1 aliphatic heterocycles. The van der Waals surface area contributed by atoms with E-state index >= 15 is 0 Å². The highest BCUT2D eigenvalue weighted by molar-refractivity contribution is 6.02. The molecule has 1 atom stereocenters. The minimum absolute atomic E-state index is 0.0250. The van der Waals surface area contributed by atoms with Crippen molar-refractivity contribution in [2.45, 2.75) is 57.9 Å². The van der Waals surface area contributed by atoms with Gasteiger partial charge >= 0.3 is 18.0 Å². The fraction of sp³-hybridized carbons (Fsp3) is 0.556. The van der Waals surface area contributed by atoms with Crippen molar-refractivity contribution < 1.29 is 45.7 Å². The summed E-state index contributed by atoms with van der Waals surface area (Å²) in [7, 11) is 0. The fourth-order valence-corrected chi connectivity index (χ4v) is 2.82. The molecule has 5 nitrogen and oxygen atoms in total. The lowest BCUT2D eigenvalue weighted by Crippen LogP contribution is -2.58. The van der Waals surface area contributed by atoms with Crippen LogP contribution in [0.25, 0.3) is 0 Å². The van der Waals surface area contributed by atoms with Crippen LogP contribution in [0.5, 0.6) is 5.75 Å². The Bertz CT molecular complexity index is 891. The second kappa shape index (κ2) is 6.82. The summed E-state index contributed by atoms with van der Waals surface area (Å²) in [6, 6.07) is 3.77. The smallest absolute Gasteiger partial charge is 0.460 e. The summed E-state index contributed by atoms with van der Waals surface area (Å²) >= 11 is 0. The molecule has 1 aromatic rings. The maximum absolute atomic E-state index is 14.2. The number of amides is 1. The van der Waals surface area contributed by atoms with Crippen LogP contribution in [0.1, 0.15) is 43.1 Å². The zero-order valence-corrected chi connectivity index (χ0v) is 16.3. The molecule has 1 aromatic carbocycles. The van der Waals surface area contributed by atoms with E-state index in [2.05, 4.69) is 5.10 Å². The number of hydrogen-bond donors (Lipinski definition) is 2. The molecule has 1 aliphatic rings. The van der Waals surface area contributed by atoms with E-state index in [1.165, 1.54) is 39.8 Å². The molecule has 0 radical (unpaired) electrons. The molecule has 2 N–H and O–H groups in total. The van der Waals surface area contributed by atoms with Gasteiger partial charge in [-0.1, -0.05) is 32.9 Å². The first kappa shape index (κ1) is 23.9. The van der Waals surface area contributed by atoms with Gasteiger partial charge in [0.1, 0.15) is 11.5 Å². The van der Waals surface area contributed by atoms with E-state index < -0.39 is 58.5 Å². The maximum Gasteiger partial charge on any atom is 0.460 e. The summed E-state index contributed by atoms with van der Waals surface area (Å²) < 4.78 is 93.1. The number of aliphatic hydroxyl groups is 1. The molecule has 12 heteroatoms. The van der Waals surface area contributed by atoms with E-state index in [1.54, 1.807) is 0 Å². The highest BCUT2D eigenvalue weighted by Crippen LogP contribution is 2.51. The first-order valence-corrected chi connectivity index (χ1v) is 8.55. The Labute approximate surface area is 166 Å². The Kier molecular flexibility index (Phi) is 5.44. The van der Waals surface area contributed by atoms with Crippen LogP contribution in [-0.4, -0.2) is 50.6 Å². The summed E-state index contributed by atoms with van der Waals surface area (Å²) in [6.07, 6.45) is -8.07. The lowest BCUT2D eigenvalue weighted by atomic mass is 9.79. The van der Waals surface area contributed by atoms with E-state index in [0.29, 0.717) is 0 Å². The highest BCUT2D eigenvalue weighted by atomic mass is 19.4. The van der Waals surface area contributed by atoms with Gasteiger partial charge in [-0.2, -0.15) is 40.8 Å². The van der Waals surface area contributed by atoms with Crippen LogP contribution in [0, 0.1) is 12.3 Å². The number of halogens is 7. The number of aryl methyl sites for hydroxylation is 1. The summed E-state index contributed by atoms with van der Waals surface area (Å²) in [6.45, 7) is 5.16. The Morgan fingerprint density at radius 2 is 1.63 bits per heavy atom. The number of nitrogens with zero attached hydrogens (tertiary/aromatic N) is 2. The molecule has 1 heterocycles. The number of phenolic OH excluding ortho intramolecular Hbond substituents is 1. The minimum Gasteiger partial charge on any atom is -0.507 e. The largest absolute Gasteiger partial charge is 0.507 e. The second-order valence-electron chi connectivity index (χ2n) is 8.02. The average Bonchev–Trinajstić information content (AvgIpc) is 2.95. The van der Waals surface area contributed by atoms with Gasteiger partial charge in [0.15, 0.2) is 5.72 Å². The fourth-order valence-electron chi connectivity index (χ4n) is 2.82. The maximum atomic E-state index is 14.2. The van der Waals surface area contributed by atoms with Crippen molar-refractivity contribution in [2.75, 3.05) is 0 Å². The zero-order chi connectivity index (χ0) is 23.5. The highest BCUT2D eigenvalue weighted by Gasteiger charge is 2.76. The molecule has 0 saturated carbocycles. The Hall–Kier alpha value is -2.37. The van der Waals surface area contributed by atoms with Gasteiger partial charge in [0, 0.05) is 11.8 Å². The number of carbonyl (C=O) groups excluding carboxylic acids is 1. The van der Waals surface area contributed by atoms with E-state index in [1.807, 2.05) is 0 Å². The van der Waals surface area contributed by atoms with E-state index in [4.69, 9.17) is 0 Å². The van der Waals surface area contributed by atoms with Crippen LogP contribution in [0.3, 0.4) is 0 Å². The molecule has 0 aromatic heterocycles. The second-order valence-corrected chi connectivity index (χ2v) is 8.02. The van der Waals surface area contributed by atoms with Gasteiger partial charge in [-0.25, -0.2) is 0 Å². The van der Waals surface area contributed by atoms with Crippen LogP contribution in [0.4, 0.5) is 30.7 Å². The molecule has 0 saturated heterocycles. The quantitative estimate of drug-likeness (QED) is 0.676.